The van der Waals surface area contributed by atoms with Crippen molar-refractivity contribution in [3.05, 3.63) is 77.4 Å². The topological polar surface area (TPSA) is 52.6 Å². The Morgan fingerprint density at radius 1 is 0.792 bits per heavy atom. The largest absolute Gasteiger partial charge is 0.497 e. The molecule has 0 amide bonds. The molecule has 0 atom stereocenters. The highest BCUT2D eigenvalue weighted by Gasteiger charge is 2.18. The van der Waals surface area contributed by atoms with Crippen molar-refractivity contribution in [1.29, 1.82) is 0 Å². The smallest absolute Gasteiger partial charge is 0.338 e. The van der Waals surface area contributed by atoms with Gasteiger partial charge in [-0.3, -0.25) is 4.79 Å². The zero-order valence-electron chi connectivity index (χ0n) is 13.4. The van der Waals surface area contributed by atoms with Gasteiger partial charge in [-0.1, -0.05) is 30.3 Å². The zero-order valence-corrected chi connectivity index (χ0v) is 13.4. The van der Waals surface area contributed by atoms with E-state index in [1.54, 1.807) is 55.6 Å². The van der Waals surface area contributed by atoms with Crippen molar-refractivity contribution in [2.45, 2.75) is 0 Å². The molecule has 0 bridgehead atoms. The van der Waals surface area contributed by atoms with E-state index >= 15 is 0 Å². The van der Waals surface area contributed by atoms with Crippen LogP contribution in [0.15, 0.2) is 60.7 Å². The van der Waals surface area contributed by atoms with Gasteiger partial charge in [-0.05, 0) is 35.7 Å². The van der Waals surface area contributed by atoms with E-state index in [0.29, 0.717) is 27.8 Å². The molecule has 24 heavy (non-hydrogen) atoms. The first-order chi connectivity index (χ1) is 11.7. The number of ether oxygens (including phenoxy) is 2. The highest BCUT2D eigenvalue weighted by Crippen LogP contribution is 2.26. The van der Waals surface area contributed by atoms with Crippen molar-refractivity contribution in [3.63, 3.8) is 0 Å². The van der Waals surface area contributed by atoms with E-state index in [2.05, 4.69) is 0 Å². The molecule has 120 valence electrons. The Morgan fingerprint density at radius 3 is 2.00 bits per heavy atom. The minimum absolute atomic E-state index is 0.153. The van der Waals surface area contributed by atoms with Gasteiger partial charge in [-0.15, -0.1) is 0 Å². The predicted octanol–water partition coefficient (Wildman–Crippen LogP) is 3.87. The summed E-state index contributed by atoms with van der Waals surface area (Å²) in [6.07, 6.45) is 0. The summed E-state index contributed by atoms with van der Waals surface area (Å²) in [7, 11) is 2.90. The second-order valence-corrected chi connectivity index (χ2v) is 5.26. The van der Waals surface area contributed by atoms with E-state index in [4.69, 9.17) is 9.47 Å². The molecular weight excluding hydrogens is 304 g/mol. The number of hydrogen-bond acceptors (Lipinski definition) is 4. The molecule has 4 nitrogen and oxygen atoms in total. The van der Waals surface area contributed by atoms with Crippen LogP contribution in [0, 0.1) is 0 Å². The average Bonchev–Trinajstić information content (AvgIpc) is 2.65. The zero-order chi connectivity index (χ0) is 17.1. The van der Waals surface area contributed by atoms with Gasteiger partial charge in [0, 0.05) is 16.5 Å². The molecular formula is C20H16O4. The quantitative estimate of drug-likeness (QED) is 0.541. The molecule has 3 aromatic carbocycles. The van der Waals surface area contributed by atoms with Gasteiger partial charge in [0.05, 0.1) is 19.8 Å². The van der Waals surface area contributed by atoms with E-state index in [1.165, 1.54) is 7.11 Å². The third-order valence-electron chi connectivity index (χ3n) is 3.91. The third kappa shape index (κ3) is 2.74. The number of esters is 1. The van der Waals surface area contributed by atoms with Gasteiger partial charge in [0.2, 0.25) is 0 Å². The third-order valence-corrected chi connectivity index (χ3v) is 3.91. The maximum absolute atomic E-state index is 12.9. The Kier molecular flexibility index (Phi) is 4.29. The highest BCUT2D eigenvalue weighted by atomic mass is 16.5. The second-order valence-electron chi connectivity index (χ2n) is 5.26. The molecule has 0 fully saturated rings. The summed E-state index contributed by atoms with van der Waals surface area (Å²) in [4.78, 5) is 25.0. The van der Waals surface area contributed by atoms with Gasteiger partial charge < -0.3 is 9.47 Å². The lowest BCUT2D eigenvalue weighted by Gasteiger charge is -2.10. The van der Waals surface area contributed by atoms with Crippen LogP contribution in [0.25, 0.3) is 10.8 Å². The van der Waals surface area contributed by atoms with Crippen LogP contribution >= 0.6 is 0 Å². The van der Waals surface area contributed by atoms with Crippen LogP contribution in [0.1, 0.15) is 26.3 Å². The molecule has 0 unspecified atom stereocenters. The highest BCUT2D eigenvalue weighted by molar-refractivity contribution is 6.20. The summed E-state index contributed by atoms with van der Waals surface area (Å²) >= 11 is 0. The van der Waals surface area contributed by atoms with E-state index in [9.17, 15) is 9.59 Å². The van der Waals surface area contributed by atoms with E-state index in [-0.39, 0.29) is 5.78 Å². The molecule has 0 radical (unpaired) electrons. The fraction of sp³-hybridized carbons (Fsp3) is 0.100. The molecule has 0 aliphatic heterocycles. The number of rotatable bonds is 4. The summed E-state index contributed by atoms with van der Waals surface area (Å²) in [5.74, 6) is 0.0647. The second kappa shape index (κ2) is 6.54. The fourth-order valence-electron chi connectivity index (χ4n) is 2.71. The molecule has 0 N–H and O–H groups in total. The molecule has 0 saturated carbocycles. The van der Waals surface area contributed by atoms with Crippen LogP contribution < -0.4 is 4.74 Å². The Hall–Kier alpha value is -3.14. The molecule has 0 aromatic heterocycles. The molecule has 4 heteroatoms. The van der Waals surface area contributed by atoms with Crippen molar-refractivity contribution in [1.82, 2.24) is 0 Å². The number of hydrogen-bond donors (Lipinski definition) is 0. The van der Waals surface area contributed by atoms with Crippen LogP contribution in [0.3, 0.4) is 0 Å². The number of methoxy groups -OCH3 is 2. The first kappa shape index (κ1) is 15.7. The van der Waals surface area contributed by atoms with Crippen molar-refractivity contribution >= 4 is 22.5 Å². The van der Waals surface area contributed by atoms with Crippen molar-refractivity contribution < 1.29 is 19.1 Å². The Morgan fingerprint density at radius 2 is 1.42 bits per heavy atom. The number of ketones is 1. The van der Waals surface area contributed by atoms with Crippen molar-refractivity contribution in [2.75, 3.05) is 14.2 Å². The molecule has 0 aliphatic rings. The minimum atomic E-state index is -0.462. The number of benzene rings is 3. The van der Waals surface area contributed by atoms with E-state index < -0.39 is 5.97 Å². The summed E-state index contributed by atoms with van der Waals surface area (Å²) in [6.45, 7) is 0. The molecule has 0 spiro atoms. The monoisotopic (exact) mass is 320 g/mol. The number of fused-ring (bicyclic) bond motifs is 1. The molecule has 3 rings (SSSR count). The molecule has 0 heterocycles. The van der Waals surface area contributed by atoms with Gasteiger partial charge in [0.25, 0.3) is 0 Å². The molecule has 0 saturated heterocycles. The summed E-state index contributed by atoms with van der Waals surface area (Å²) in [5.41, 5.74) is 1.38. The maximum atomic E-state index is 12.9. The first-order valence-corrected chi connectivity index (χ1v) is 7.44. The van der Waals surface area contributed by atoms with Crippen LogP contribution in [-0.4, -0.2) is 26.0 Å². The van der Waals surface area contributed by atoms with Crippen molar-refractivity contribution in [3.8, 4) is 5.75 Å². The molecule has 0 aliphatic carbocycles. The minimum Gasteiger partial charge on any atom is -0.497 e. The summed E-state index contributed by atoms with van der Waals surface area (Å²) < 4.78 is 9.97. The standard InChI is InChI=1S/C20H16O4/c1-23-15-11-9-14(10-12-15)19(21)16-7-3-5-13-6-4-8-17(18(13)16)20(22)24-2/h3-12H,1-2H3. The number of carbonyl (C=O) groups excluding carboxylic acids is 2. The van der Waals surface area contributed by atoms with Gasteiger partial charge in [-0.2, -0.15) is 0 Å². The van der Waals surface area contributed by atoms with E-state index in [1.807, 2.05) is 12.1 Å². The maximum Gasteiger partial charge on any atom is 0.338 e. The van der Waals surface area contributed by atoms with Gasteiger partial charge in [0.15, 0.2) is 5.78 Å². The number of carbonyl (C=O) groups is 2. The SMILES string of the molecule is COC(=O)c1cccc2cccc(C(=O)c3ccc(OC)cc3)c12. The van der Waals surface area contributed by atoms with Crippen LogP contribution in [-0.2, 0) is 4.74 Å². The van der Waals surface area contributed by atoms with Gasteiger partial charge >= 0.3 is 5.97 Å². The van der Waals surface area contributed by atoms with Crippen molar-refractivity contribution in [2.24, 2.45) is 0 Å². The lowest BCUT2D eigenvalue weighted by atomic mass is 9.94. The van der Waals surface area contributed by atoms with Gasteiger partial charge in [0.1, 0.15) is 5.75 Å². The van der Waals surface area contributed by atoms with Crippen LogP contribution in [0.5, 0.6) is 5.75 Å². The van der Waals surface area contributed by atoms with Crippen LogP contribution in [0.2, 0.25) is 0 Å². The first-order valence-electron chi connectivity index (χ1n) is 7.44. The van der Waals surface area contributed by atoms with Crippen LogP contribution in [0.4, 0.5) is 0 Å². The molecule has 3 aromatic rings. The fourth-order valence-corrected chi connectivity index (χ4v) is 2.71. The normalized spacial score (nSPS) is 10.4. The van der Waals surface area contributed by atoms with E-state index in [0.717, 1.165) is 5.39 Å². The lowest BCUT2D eigenvalue weighted by Crippen LogP contribution is -2.07. The van der Waals surface area contributed by atoms with Gasteiger partial charge in [-0.25, -0.2) is 4.79 Å². The average molecular weight is 320 g/mol. The Labute approximate surface area is 139 Å². The summed E-state index contributed by atoms with van der Waals surface area (Å²) in [6, 6.07) is 17.6. The Balaban J connectivity index is 2.17. The Bertz CT molecular complexity index is 905. The summed E-state index contributed by atoms with van der Waals surface area (Å²) in [5, 5.41) is 1.42. The lowest BCUT2D eigenvalue weighted by molar-refractivity contribution is 0.0603. The predicted molar refractivity (Wildman–Crippen MR) is 91.7 cm³/mol.